The van der Waals surface area contributed by atoms with Gasteiger partial charge in [0.2, 0.25) is 0 Å². The van der Waals surface area contributed by atoms with Crippen LogP contribution in [0.25, 0.3) is 0 Å². The first-order chi connectivity index (χ1) is 9.54. The van der Waals surface area contributed by atoms with Crippen LogP contribution in [0.3, 0.4) is 0 Å². The number of hydrogen-bond acceptors (Lipinski definition) is 4. The highest BCUT2D eigenvalue weighted by Crippen LogP contribution is 2.18. The van der Waals surface area contributed by atoms with Gasteiger partial charge < -0.3 is 14.6 Å². The van der Waals surface area contributed by atoms with Gasteiger partial charge in [0.1, 0.15) is 5.82 Å². The number of rotatable bonds is 6. The van der Waals surface area contributed by atoms with Gasteiger partial charge in [0.05, 0.1) is 12.6 Å². The Morgan fingerprint density at radius 1 is 1.45 bits per heavy atom. The summed E-state index contributed by atoms with van der Waals surface area (Å²) in [6.45, 7) is 6.97. The lowest BCUT2D eigenvalue weighted by Gasteiger charge is -2.34. The van der Waals surface area contributed by atoms with Crippen LogP contribution >= 0.6 is 0 Å². The molecule has 0 amide bonds. The summed E-state index contributed by atoms with van der Waals surface area (Å²) < 4.78 is 2.09. The molecule has 1 N–H and O–H groups in total. The Morgan fingerprint density at radius 2 is 2.15 bits per heavy atom. The molecule has 0 bridgehead atoms. The zero-order valence-corrected chi connectivity index (χ0v) is 13.0. The maximum absolute atomic E-state index is 9.43. The molecule has 1 fully saturated rings. The summed E-state index contributed by atoms with van der Waals surface area (Å²) in [4.78, 5) is 9.13. The quantitative estimate of drug-likeness (QED) is 0.842. The highest BCUT2D eigenvalue weighted by atomic mass is 16.3. The standard InChI is InChI=1S/C15H28N4O/c1-13(20)10-19-7-4-14(5-8-19)11-17(2)12-15-16-6-9-18(15)3/h6,9,13-14,20H,4-5,7-8,10-12H2,1-3H3/t13-/m1/s1. The fraction of sp³-hybridized carbons (Fsp3) is 0.800. The fourth-order valence-electron chi connectivity index (χ4n) is 3.02. The lowest BCUT2D eigenvalue weighted by molar-refractivity contribution is 0.0916. The number of aliphatic hydroxyl groups excluding tert-OH is 1. The molecule has 2 rings (SSSR count). The molecule has 5 nitrogen and oxygen atoms in total. The number of β-amino-alcohol motifs (C(OH)–C–C–N with tert-alkyl or cyclic N) is 1. The van der Waals surface area contributed by atoms with Crippen molar-refractivity contribution in [3.63, 3.8) is 0 Å². The molecule has 1 aliphatic rings. The largest absolute Gasteiger partial charge is 0.392 e. The molecule has 0 saturated carbocycles. The van der Waals surface area contributed by atoms with Crippen molar-refractivity contribution >= 4 is 0 Å². The smallest absolute Gasteiger partial charge is 0.122 e. The Bertz CT molecular complexity index is 396. The number of piperidine rings is 1. The van der Waals surface area contributed by atoms with E-state index in [1.165, 1.54) is 12.8 Å². The maximum atomic E-state index is 9.43. The molecule has 1 saturated heterocycles. The van der Waals surface area contributed by atoms with E-state index in [1.54, 1.807) is 0 Å². The molecule has 2 heterocycles. The first-order valence-electron chi connectivity index (χ1n) is 7.59. The zero-order chi connectivity index (χ0) is 14.5. The summed E-state index contributed by atoms with van der Waals surface area (Å²) in [6, 6.07) is 0. The van der Waals surface area contributed by atoms with Crippen molar-refractivity contribution in [2.45, 2.75) is 32.4 Å². The van der Waals surface area contributed by atoms with Gasteiger partial charge in [0, 0.05) is 32.5 Å². The molecule has 20 heavy (non-hydrogen) atoms. The Balaban J connectivity index is 1.71. The molecule has 0 radical (unpaired) electrons. The maximum Gasteiger partial charge on any atom is 0.122 e. The Morgan fingerprint density at radius 3 is 2.70 bits per heavy atom. The monoisotopic (exact) mass is 280 g/mol. The number of nitrogens with zero attached hydrogens (tertiary/aromatic N) is 4. The first kappa shape index (κ1) is 15.5. The number of aryl methyl sites for hydroxylation is 1. The van der Waals surface area contributed by atoms with Gasteiger partial charge >= 0.3 is 0 Å². The molecular formula is C15H28N4O. The van der Waals surface area contributed by atoms with Gasteiger partial charge in [-0.3, -0.25) is 4.90 Å². The Kier molecular flexibility index (Phi) is 5.57. The average Bonchev–Trinajstić information content (AvgIpc) is 2.77. The van der Waals surface area contributed by atoms with Crippen molar-refractivity contribution in [2.75, 3.05) is 33.2 Å². The predicted octanol–water partition coefficient (Wildman–Crippen LogP) is 0.945. The molecule has 114 valence electrons. The van der Waals surface area contributed by atoms with Crippen LogP contribution in [0.1, 0.15) is 25.6 Å². The molecule has 1 aromatic heterocycles. The number of aromatic nitrogens is 2. The molecule has 0 unspecified atom stereocenters. The highest BCUT2D eigenvalue weighted by Gasteiger charge is 2.21. The van der Waals surface area contributed by atoms with E-state index in [0.29, 0.717) is 0 Å². The Hall–Kier alpha value is -0.910. The van der Waals surface area contributed by atoms with Crippen molar-refractivity contribution in [1.82, 2.24) is 19.4 Å². The van der Waals surface area contributed by atoms with E-state index in [2.05, 4.69) is 26.4 Å². The predicted molar refractivity (Wildman–Crippen MR) is 80.4 cm³/mol. The van der Waals surface area contributed by atoms with E-state index in [-0.39, 0.29) is 6.10 Å². The van der Waals surface area contributed by atoms with Crippen molar-refractivity contribution < 1.29 is 5.11 Å². The van der Waals surface area contributed by atoms with Crippen LogP contribution in [0.15, 0.2) is 12.4 Å². The molecule has 0 aromatic carbocycles. The van der Waals surface area contributed by atoms with E-state index in [9.17, 15) is 5.11 Å². The second-order valence-electron chi connectivity index (χ2n) is 6.24. The molecule has 0 spiro atoms. The highest BCUT2D eigenvalue weighted by molar-refractivity contribution is 4.90. The van der Waals surface area contributed by atoms with Gasteiger partial charge in [-0.1, -0.05) is 0 Å². The van der Waals surface area contributed by atoms with Gasteiger partial charge in [0.25, 0.3) is 0 Å². The fourth-order valence-corrected chi connectivity index (χ4v) is 3.02. The minimum Gasteiger partial charge on any atom is -0.392 e. The summed E-state index contributed by atoms with van der Waals surface area (Å²) in [5, 5.41) is 9.43. The normalized spacial score (nSPS) is 19.6. The third kappa shape index (κ3) is 4.58. The number of imidazole rings is 1. The number of hydrogen-bond donors (Lipinski definition) is 1. The molecular weight excluding hydrogens is 252 g/mol. The molecule has 0 aliphatic carbocycles. The summed E-state index contributed by atoms with van der Waals surface area (Å²) in [5.74, 6) is 1.89. The topological polar surface area (TPSA) is 44.5 Å². The second kappa shape index (κ2) is 7.20. The zero-order valence-electron chi connectivity index (χ0n) is 13.0. The van der Waals surface area contributed by atoms with E-state index in [4.69, 9.17) is 0 Å². The minimum absolute atomic E-state index is 0.211. The third-order valence-electron chi connectivity index (χ3n) is 4.13. The third-order valence-corrected chi connectivity index (χ3v) is 4.13. The molecule has 5 heteroatoms. The summed E-state index contributed by atoms with van der Waals surface area (Å²) in [7, 11) is 4.22. The van der Waals surface area contributed by atoms with E-state index >= 15 is 0 Å². The number of aliphatic hydroxyl groups is 1. The average molecular weight is 280 g/mol. The second-order valence-corrected chi connectivity index (χ2v) is 6.24. The van der Waals surface area contributed by atoms with Crippen LogP contribution in [0, 0.1) is 5.92 Å². The first-order valence-corrected chi connectivity index (χ1v) is 7.59. The van der Waals surface area contributed by atoms with Crippen LogP contribution in [0.2, 0.25) is 0 Å². The van der Waals surface area contributed by atoms with Crippen LogP contribution in [0.5, 0.6) is 0 Å². The summed E-state index contributed by atoms with van der Waals surface area (Å²) in [5.41, 5.74) is 0. The SMILES string of the molecule is C[C@@H](O)CN1CCC(CN(C)Cc2nccn2C)CC1. The van der Waals surface area contributed by atoms with Crippen molar-refractivity contribution in [3.05, 3.63) is 18.2 Å². The summed E-state index contributed by atoms with van der Waals surface area (Å²) >= 11 is 0. The lowest BCUT2D eigenvalue weighted by Crippen LogP contribution is -2.40. The van der Waals surface area contributed by atoms with Crippen molar-refractivity contribution in [1.29, 1.82) is 0 Å². The van der Waals surface area contributed by atoms with Crippen LogP contribution in [-0.4, -0.2) is 63.8 Å². The molecule has 1 aromatic rings. The van der Waals surface area contributed by atoms with Gasteiger partial charge in [0.15, 0.2) is 0 Å². The molecule has 1 atom stereocenters. The van der Waals surface area contributed by atoms with Gasteiger partial charge in [-0.15, -0.1) is 0 Å². The van der Waals surface area contributed by atoms with Crippen LogP contribution in [-0.2, 0) is 13.6 Å². The lowest BCUT2D eigenvalue weighted by atomic mass is 9.96. The van der Waals surface area contributed by atoms with Crippen molar-refractivity contribution in [2.24, 2.45) is 13.0 Å². The van der Waals surface area contributed by atoms with E-state index < -0.39 is 0 Å². The van der Waals surface area contributed by atoms with Crippen LogP contribution in [0.4, 0.5) is 0 Å². The molecule has 1 aliphatic heterocycles. The van der Waals surface area contributed by atoms with Gasteiger partial charge in [-0.2, -0.15) is 0 Å². The van der Waals surface area contributed by atoms with E-state index in [0.717, 1.165) is 44.5 Å². The minimum atomic E-state index is -0.211. The number of likely N-dealkylation sites (tertiary alicyclic amines) is 1. The summed E-state index contributed by atoms with van der Waals surface area (Å²) in [6.07, 6.45) is 6.11. The van der Waals surface area contributed by atoms with Gasteiger partial charge in [-0.05, 0) is 45.8 Å². The Labute approximate surface area is 122 Å². The van der Waals surface area contributed by atoms with Gasteiger partial charge in [-0.25, -0.2) is 4.98 Å². The van der Waals surface area contributed by atoms with E-state index in [1.807, 2.05) is 26.4 Å². The van der Waals surface area contributed by atoms with Crippen LogP contribution < -0.4 is 0 Å². The van der Waals surface area contributed by atoms with Crippen molar-refractivity contribution in [3.8, 4) is 0 Å².